The molecule has 0 saturated carbocycles. The molecule has 2 rings (SSSR count). The van der Waals surface area contributed by atoms with E-state index < -0.39 is 0 Å². The minimum Gasteiger partial charge on any atom is -0.330 e. The summed E-state index contributed by atoms with van der Waals surface area (Å²) < 4.78 is 0. The molecular formula is C18H30N2. The van der Waals surface area contributed by atoms with E-state index in [1.165, 1.54) is 30.5 Å². The molecule has 20 heavy (non-hydrogen) atoms. The minimum atomic E-state index is 0.670. The van der Waals surface area contributed by atoms with Crippen LogP contribution in [0.3, 0.4) is 0 Å². The first-order chi connectivity index (χ1) is 9.58. The fraction of sp³-hybridized carbons (Fsp3) is 0.667. The zero-order valence-corrected chi connectivity index (χ0v) is 13.3. The number of piperidine rings is 1. The monoisotopic (exact) mass is 274 g/mol. The van der Waals surface area contributed by atoms with Crippen molar-refractivity contribution in [1.82, 2.24) is 4.90 Å². The van der Waals surface area contributed by atoms with Crippen LogP contribution in [0.15, 0.2) is 24.3 Å². The second kappa shape index (κ2) is 7.24. The summed E-state index contributed by atoms with van der Waals surface area (Å²) in [5, 5.41) is 0. The number of hydrogen-bond donors (Lipinski definition) is 1. The second-order valence-electron chi connectivity index (χ2n) is 6.91. The SMILES string of the molecule is CC(C)Cc1ccc(CN2CCC(C)C(CN)C2)cc1. The van der Waals surface area contributed by atoms with Crippen molar-refractivity contribution >= 4 is 0 Å². The highest BCUT2D eigenvalue weighted by Gasteiger charge is 2.24. The highest BCUT2D eigenvalue weighted by molar-refractivity contribution is 5.22. The van der Waals surface area contributed by atoms with Crippen LogP contribution < -0.4 is 5.73 Å². The molecule has 2 nitrogen and oxygen atoms in total. The van der Waals surface area contributed by atoms with E-state index in [0.717, 1.165) is 31.5 Å². The predicted molar refractivity (Wildman–Crippen MR) is 86.6 cm³/mol. The average Bonchev–Trinajstić information content (AvgIpc) is 2.42. The Balaban J connectivity index is 1.90. The van der Waals surface area contributed by atoms with Crippen molar-refractivity contribution in [3.05, 3.63) is 35.4 Å². The molecule has 1 aliphatic heterocycles. The smallest absolute Gasteiger partial charge is 0.0233 e. The number of nitrogens with two attached hydrogens (primary N) is 1. The van der Waals surface area contributed by atoms with Crippen LogP contribution in [0.1, 0.15) is 38.3 Å². The highest BCUT2D eigenvalue weighted by Crippen LogP contribution is 2.23. The number of hydrogen-bond acceptors (Lipinski definition) is 2. The first-order valence-corrected chi connectivity index (χ1v) is 8.08. The van der Waals surface area contributed by atoms with Gasteiger partial charge >= 0.3 is 0 Å². The van der Waals surface area contributed by atoms with Gasteiger partial charge in [-0.3, -0.25) is 4.90 Å². The number of nitrogens with zero attached hydrogens (tertiary/aromatic N) is 1. The quantitative estimate of drug-likeness (QED) is 0.892. The van der Waals surface area contributed by atoms with Crippen molar-refractivity contribution < 1.29 is 0 Å². The highest BCUT2D eigenvalue weighted by atomic mass is 15.1. The summed E-state index contributed by atoms with van der Waals surface area (Å²) in [7, 11) is 0. The Morgan fingerprint density at radius 3 is 2.45 bits per heavy atom. The molecule has 1 aromatic rings. The van der Waals surface area contributed by atoms with Gasteiger partial charge in [-0.25, -0.2) is 0 Å². The lowest BCUT2D eigenvalue weighted by molar-refractivity contribution is 0.126. The fourth-order valence-electron chi connectivity index (χ4n) is 3.19. The standard InChI is InChI=1S/C18H30N2/c1-14(2)10-16-4-6-17(7-5-16)12-20-9-8-15(3)18(11-19)13-20/h4-7,14-15,18H,8-13,19H2,1-3H3. The van der Waals surface area contributed by atoms with E-state index in [0.29, 0.717) is 5.92 Å². The number of benzene rings is 1. The van der Waals surface area contributed by atoms with Gasteiger partial charge in [0.25, 0.3) is 0 Å². The Bertz CT molecular complexity index is 396. The summed E-state index contributed by atoms with van der Waals surface area (Å²) in [6.45, 7) is 11.2. The van der Waals surface area contributed by atoms with E-state index in [-0.39, 0.29) is 0 Å². The van der Waals surface area contributed by atoms with E-state index in [2.05, 4.69) is 49.9 Å². The van der Waals surface area contributed by atoms with Crippen LogP contribution in [0.4, 0.5) is 0 Å². The molecular weight excluding hydrogens is 244 g/mol. The Hall–Kier alpha value is -0.860. The molecule has 1 heterocycles. The molecule has 0 radical (unpaired) electrons. The third kappa shape index (κ3) is 4.32. The van der Waals surface area contributed by atoms with Crippen LogP contribution in [0.2, 0.25) is 0 Å². The fourth-order valence-corrected chi connectivity index (χ4v) is 3.19. The summed E-state index contributed by atoms with van der Waals surface area (Å²) >= 11 is 0. The molecule has 2 atom stereocenters. The zero-order chi connectivity index (χ0) is 14.5. The third-order valence-electron chi connectivity index (χ3n) is 4.57. The maximum Gasteiger partial charge on any atom is 0.0233 e. The van der Waals surface area contributed by atoms with Gasteiger partial charge in [-0.05, 0) is 54.8 Å². The van der Waals surface area contributed by atoms with Crippen LogP contribution in [0.5, 0.6) is 0 Å². The summed E-state index contributed by atoms with van der Waals surface area (Å²) in [6, 6.07) is 9.19. The molecule has 2 unspecified atom stereocenters. The molecule has 1 fully saturated rings. The summed E-state index contributed by atoms with van der Waals surface area (Å²) in [5.74, 6) is 2.18. The van der Waals surface area contributed by atoms with Gasteiger partial charge in [0, 0.05) is 13.1 Å². The van der Waals surface area contributed by atoms with Gasteiger partial charge in [0.15, 0.2) is 0 Å². The Morgan fingerprint density at radius 1 is 1.20 bits per heavy atom. The van der Waals surface area contributed by atoms with Crippen molar-refractivity contribution in [2.45, 2.75) is 40.2 Å². The van der Waals surface area contributed by atoms with Crippen LogP contribution in [-0.4, -0.2) is 24.5 Å². The Labute approximate surface area is 124 Å². The van der Waals surface area contributed by atoms with Gasteiger partial charge in [-0.15, -0.1) is 0 Å². The topological polar surface area (TPSA) is 29.3 Å². The summed E-state index contributed by atoms with van der Waals surface area (Å²) in [5.41, 5.74) is 8.78. The molecule has 2 N–H and O–H groups in total. The van der Waals surface area contributed by atoms with E-state index in [4.69, 9.17) is 5.73 Å². The third-order valence-corrected chi connectivity index (χ3v) is 4.57. The molecule has 2 heteroatoms. The van der Waals surface area contributed by atoms with Crippen LogP contribution >= 0.6 is 0 Å². The maximum absolute atomic E-state index is 5.89. The van der Waals surface area contributed by atoms with Gasteiger partial charge in [-0.2, -0.15) is 0 Å². The lowest BCUT2D eigenvalue weighted by Crippen LogP contribution is -2.42. The maximum atomic E-state index is 5.89. The largest absolute Gasteiger partial charge is 0.330 e. The number of likely N-dealkylation sites (tertiary alicyclic amines) is 1. The lowest BCUT2D eigenvalue weighted by Gasteiger charge is -2.36. The first-order valence-electron chi connectivity index (χ1n) is 8.08. The predicted octanol–water partition coefficient (Wildman–Crippen LogP) is 3.30. The van der Waals surface area contributed by atoms with Gasteiger partial charge in [0.1, 0.15) is 0 Å². The van der Waals surface area contributed by atoms with E-state index >= 15 is 0 Å². The van der Waals surface area contributed by atoms with Crippen molar-refractivity contribution in [2.75, 3.05) is 19.6 Å². The van der Waals surface area contributed by atoms with Gasteiger partial charge in [0.05, 0.1) is 0 Å². The average molecular weight is 274 g/mol. The molecule has 1 aliphatic rings. The molecule has 0 aliphatic carbocycles. The van der Waals surface area contributed by atoms with Crippen LogP contribution in [0.25, 0.3) is 0 Å². The number of rotatable bonds is 5. The van der Waals surface area contributed by atoms with Crippen molar-refractivity contribution in [1.29, 1.82) is 0 Å². The molecule has 112 valence electrons. The molecule has 1 aromatic carbocycles. The summed E-state index contributed by atoms with van der Waals surface area (Å²) in [4.78, 5) is 2.56. The zero-order valence-electron chi connectivity index (χ0n) is 13.3. The van der Waals surface area contributed by atoms with E-state index in [1.54, 1.807) is 0 Å². The Kier molecular flexibility index (Phi) is 5.62. The van der Waals surface area contributed by atoms with E-state index in [9.17, 15) is 0 Å². The van der Waals surface area contributed by atoms with Gasteiger partial charge < -0.3 is 5.73 Å². The van der Waals surface area contributed by atoms with Crippen LogP contribution in [0, 0.1) is 17.8 Å². The first kappa shape index (κ1) is 15.5. The molecule has 0 spiro atoms. The second-order valence-corrected chi connectivity index (χ2v) is 6.91. The van der Waals surface area contributed by atoms with Crippen molar-refractivity contribution in [3.63, 3.8) is 0 Å². The van der Waals surface area contributed by atoms with Crippen molar-refractivity contribution in [3.8, 4) is 0 Å². The lowest BCUT2D eigenvalue weighted by atomic mass is 9.87. The molecule has 0 bridgehead atoms. The minimum absolute atomic E-state index is 0.670. The van der Waals surface area contributed by atoms with Gasteiger partial charge in [0.2, 0.25) is 0 Å². The normalized spacial score (nSPS) is 24.2. The summed E-state index contributed by atoms with van der Waals surface area (Å²) in [6.07, 6.45) is 2.46. The molecule has 0 amide bonds. The Morgan fingerprint density at radius 2 is 1.85 bits per heavy atom. The molecule has 0 aromatic heterocycles. The molecule has 1 saturated heterocycles. The van der Waals surface area contributed by atoms with Crippen LogP contribution in [-0.2, 0) is 13.0 Å². The van der Waals surface area contributed by atoms with Crippen molar-refractivity contribution in [2.24, 2.45) is 23.5 Å². The van der Waals surface area contributed by atoms with Gasteiger partial charge in [-0.1, -0.05) is 45.0 Å². The van der Waals surface area contributed by atoms with E-state index in [1.807, 2.05) is 0 Å².